The molecule has 5 aromatic heterocycles. The summed E-state index contributed by atoms with van der Waals surface area (Å²) in [6, 6.07) is 25.0. The van der Waals surface area contributed by atoms with Crippen LogP contribution in [0.2, 0.25) is 0 Å². The number of aryl methyl sites for hydroxylation is 1. The lowest BCUT2D eigenvalue weighted by molar-refractivity contribution is 0.102. The maximum Gasteiger partial charge on any atom is 0.255 e. The number of carbonyl (C=O) groups excluding carboxylic acids is 1. The van der Waals surface area contributed by atoms with E-state index in [2.05, 4.69) is 55.6 Å². The van der Waals surface area contributed by atoms with Crippen molar-refractivity contribution < 1.29 is 4.79 Å². The lowest BCUT2D eigenvalue weighted by Crippen LogP contribution is -2.11. The Balaban J connectivity index is 1.25. The highest BCUT2D eigenvalue weighted by atomic mass is 16.1. The molecule has 3 N–H and O–H groups in total. The molecular formula is C31H22N8O. The predicted molar refractivity (Wildman–Crippen MR) is 155 cm³/mol. The zero-order chi connectivity index (χ0) is 27.1. The average molecular weight is 523 g/mol. The third-order valence-corrected chi connectivity index (χ3v) is 6.67. The smallest absolute Gasteiger partial charge is 0.255 e. The van der Waals surface area contributed by atoms with E-state index in [0.717, 1.165) is 27.7 Å². The van der Waals surface area contributed by atoms with E-state index in [-0.39, 0.29) is 5.91 Å². The van der Waals surface area contributed by atoms with E-state index in [1.165, 1.54) is 5.56 Å². The number of imidazole rings is 1. The number of rotatable bonds is 5. The SMILES string of the molecule is Cc1cccc(-c2ccnc3[nH]c(-c4n[nH]c5ccc(-c6cncc(NC(=O)c7ccccc7)c6)nc45)nc23)c1. The minimum Gasteiger partial charge on any atom is -0.321 e. The van der Waals surface area contributed by atoms with E-state index in [1.807, 2.05) is 48.5 Å². The van der Waals surface area contributed by atoms with Crippen LogP contribution in [0, 0.1) is 6.92 Å². The molecule has 0 fully saturated rings. The Hall–Kier alpha value is -5.70. The Morgan fingerprint density at radius 1 is 0.850 bits per heavy atom. The zero-order valence-electron chi connectivity index (χ0n) is 21.4. The molecule has 0 saturated carbocycles. The van der Waals surface area contributed by atoms with Crippen molar-refractivity contribution in [2.75, 3.05) is 5.32 Å². The van der Waals surface area contributed by atoms with Crippen LogP contribution in [0.4, 0.5) is 5.69 Å². The molecule has 0 saturated heterocycles. The van der Waals surface area contributed by atoms with Crippen LogP contribution < -0.4 is 5.32 Å². The van der Waals surface area contributed by atoms with Crippen LogP contribution in [0.1, 0.15) is 15.9 Å². The van der Waals surface area contributed by atoms with E-state index >= 15 is 0 Å². The molecule has 9 heteroatoms. The minimum absolute atomic E-state index is 0.205. The van der Waals surface area contributed by atoms with E-state index < -0.39 is 0 Å². The molecule has 192 valence electrons. The molecule has 0 atom stereocenters. The highest BCUT2D eigenvalue weighted by Gasteiger charge is 2.18. The van der Waals surface area contributed by atoms with Crippen molar-refractivity contribution in [3.05, 3.63) is 109 Å². The number of H-pyrrole nitrogens is 2. The summed E-state index contributed by atoms with van der Waals surface area (Å²) < 4.78 is 0. The fraction of sp³-hybridized carbons (Fsp3) is 0.0323. The lowest BCUT2D eigenvalue weighted by Gasteiger charge is -2.07. The monoisotopic (exact) mass is 522 g/mol. The number of benzene rings is 2. The number of aromatic amines is 2. The second-order valence-electron chi connectivity index (χ2n) is 9.46. The van der Waals surface area contributed by atoms with Crippen LogP contribution in [0.5, 0.6) is 0 Å². The van der Waals surface area contributed by atoms with Gasteiger partial charge in [-0.1, -0.05) is 48.0 Å². The molecule has 0 aliphatic rings. The van der Waals surface area contributed by atoms with Gasteiger partial charge < -0.3 is 10.3 Å². The molecule has 2 aromatic carbocycles. The number of fused-ring (bicyclic) bond motifs is 2. The van der Waals surface area contributed by atoms with Gasteiger partial charge in [0.25, 0.3) is 5.91 Å². The van der Waals surface area contributed by atoms with Gasteiger partial charge in [-0.15, -0.1) is 0 Å². The van der Waals surface area contributed by atoms with E-state index in [1.54, 1.807) is 30.7 Å². The number of anilines is 1. The molecule has 40 heavy (non-hydrogen) atoms. The number of nitrogens with one attached hydrogen (secondary N) is 3. The number of nitrogens with zero attached hydrogens (tertiary/aromatic N) is 5. The van der Waals surface area contributed by atoms with Crippen molar-refractivity contribution in [3.63, 3.8) is 0 Å². The second kappa shape index (κ2) is 9.55. The Labute approximate surface area is 228 Å². The molecule has 5 heterocycles. The van der Waals surface area contributed by atoms with Crippen molar-refractivity contribution in [3.8, 4) is 33.9 Å². The first kappa shape index (κ1) is 23.4. The Morgan fingerprint density at radius 2 is 1.75 bits per heavy atom. The van der Waals surface area contributed by atoms with Gasteiger partial charge in [0.1, 0.15) is 11.0 Å². The molecule has 9 nitrogen and oxygen atoms in total. The Bertz CT molecular complexity index is 2030. The fourth-order valence-electron chi connectivity index (χ4n) is 4.73. The summed E-state index contributed by atoms with van der Waals surface area (Å²) in [7, 11) is 0. The molecule has 0 unspecified atom stereocenters. The normalized spacial score (nSPS) is 11.2. The van der Waals surface area contributed by atoms with E-state index in [9.17, 15) is 4.79 Å². The molecule has 0 spiro atoms. The van der Waals surface area contributed by atoms with Crippen LogP contribution >= 0.6 is 0 Å². The van der Waals surface area contributed by atoms with Crippen LogP contribution in [-0.4, -0.2) is 41.0 Å². The Morgan fingerprint density at radius 3 is 2.62 bits per heavy atom. The van der Waals surface area contributed by atoms with Gasteiger partial charge in [-0.25, -0.2) is 15.0 Å². The van der Waals surface area contributed by atoms with Crippen molar-refractivity contribution in [1.29, 1.82) is 0 Å². The molecule has 1 amide bonds. The number of aromatic nitrogens is 7. The summed E-state index contributed by atoms with van der Waals surface area (Å²) >= 11 is 0. The fourth-order valence-corrected chi connectivity index (χ4v) is 4.73. The van der Waals surface area contributed by atoms with Crippen LogP contribution in [0.3, 0.4) is 0 Å². The van der Waals surface area contributed by atoms with Crippen molar-refractivity contribution in [2.24, 2.45) is 0 Å². The lowest BCUT2D eigenvalue weighted by atomic mass is 10.0. The largest absolute Gasteiger partial charge is 0.321 e. The van der Waals surface area contributed by atoms with E-state index in [0.29, 0.717) is 39.6 Å². The maximum absolute atomic E-state index is 12.6. The third-order valence-electron chi connectivity index (χ3n) is 6.67. The van der Waals surface area contributed by atoms with Crippen molar-refractivity contribution in [2.45, 2.75) is 6.92 Å². The maximum atomic E-state index is 12.6. The minimum atomic E-state index is -0.205. The number of hydrogen-bond donors (Lipinski definition) is 3. The predicted octanol–water partition coefficient (Wildman–Crippen LogP) is 6.19. The van der Waals surface area contributed by atoms with Crippen molar-refractivity contribution in [1.82, 2.24) is 35.1 Å². The highest BCUT2D eigenvalue weighted by molar-refractivity contribution is 6.04. The molecule has 0 aliphatic carbocycles. The number of carbonyl (C=O) groups is 1. The first-order valence-electron chi connectivity index (χ1n) is 12.7. The first-order valence-corrected chi connectivity index (χ1v) is 12.7. The first-order chi connectivity index (χ1) is 19.6. The van der Waals surface area contributed by atoms with Crippen LogP contribution in [-0.2, 0) is 0 Å². The van der Waals surface area contributed by atoms with Gasteiger partial charge in [-0.2, -0.15) is 5.10 Å². The third kappa shape index (κ3) is 4.25. The number of hydrogen-bond acceptors (Lipinski definition) is 6. The van der Waals surface area contributed by atoms with Crippen molar-refractivity contribution >= 4 is 33.8 Å². The standard InChI is InChI=1S/C31H22N8O/c1-18-6-5-9-20(14-18)23-12-13-33-29-26(23)36-30(37-29)28-27-25(38-39-28)11-10-24(35-27)21-15-22(17-32-16-21)34-31(40)19-7-3-2-4-8-19/h2-17H,1H3,(H,34,40)(H,38,39)(H,33,36,37). The van der Waals surface area contributed by atoms with Gasteiger partial charge >= 0.3 is 0 Å². The zero-order valence-corrected chi connectivity index (χ0v) is 21.4. The number of pyridine rings is 3. The van der Waals surface area contributed by atoms with Gasteiger partial charge in [0.15, 0.2) is 17.2 Å². The molecule has 0 radical (unpaired) electrons. The van der Waals surface area contributed by atoms with Gasteiger partial charge in [-0.05, 0) is 48.9 Å². The van der Waals surface area contributed by atoms with Crippen LogP contribution in [0.25, 0.3) is 56.1 Å². The Kier molecular flexibility index (Phi) is 5.59. The topological polar surface area (TPSA) is 125 Å². The molecular weight excluding hydrogens is 500 g/mol. The summed E-state index contributed by atoms with van der Waals surface area (Å²) in [6.07, 6.45) is 5.10. The molecule has 0 bridgehead atoms. The van der Waals surface area contributed by atoms with Gasteiger partial charge in [0, 0.05) is 29.1 Å². The second-order valence-corrected chi connectivity index (χ2v) is 9.46. The van der Waals surface area contributed by atoms with Gasteiger partial charge in [-0.3, -0.25) is 14.9 Å². The quantitative estimate of drug-likeness (QED) is 0.248. The highest BCUT2D eigenvalue weighted by Crippen LogP contribution is 2.31. The summed E-state index contributed by atoms with van der Waals surface area (Å²) in [5.41, 5.74) is 9.29. The van der Waals surface area contributed by atoms with Gasteiger partial charge in [0.05, 0.1) is 23.1 Å². The van der Waals surface area contributed by atoms with Crippen LogP contribution in [0.15, 0.2) is 97.5 Å². The number of amides is 1. The van der Waals surface area contributed by atoms with E-state index in [4.69, 9.17) is 9.97 Å². The molecule has 7 aromatic rings. The summed E-state index contributed by atoms with van der Waals surface area (Å²) in [5, 5.41) is 10.5. The summed E-state index contributed by atoms with van der Waals surface area (Å²) in [5.74, 6) is 0.365. The van der Waals surface area contributed by atoms with Gasteiger partial charge in [0.2, 0.25) is 0 Å². The summed E-state index contributed by atoms with van der Waals surface area (Å²) in [6.45, 7) is 2.07. The summed E-state index contributed by atoms with van der Waals surface area (Å²) in [4.78, 5) is 34.6. The molecule has 0 aliphatic heterocycles. The molecule has 7 rings (SSSR count). The average Bonchev–Trinajstić information content (AvgIpc) is 3.61.